The maximum absolute atomic E-state index is 6.46. The number of pyridine rings is 1. The summed E-state index contributed by atoms with van der Waals surface area (Å²) < 4.78 is 16.5. The molecule has 2 aromatic heterocycles. The molecule has 32 heavy (non-hydrogen) atoms. The van der Waals surface area contributed by atoms with Gasteiger partial charge in [-0.3, -0.25) is 0 Å². The number of hydrogen-bond acceptors (Lipinski definition) is 8. The van der Waals surface area contributed by atoms with Gasteiger partial charge in [0.2, 0.25) is 0 Å². The van der Waals surface area contributed by atoms with E-state index in [0.717, 1.165) is 82.0 Å². The lowest BCUT2D eigenvalue weighted by Crippen LogP contribution is -2.38. The van der Waals surface area contributed by atoms with Gasteiger partial charge in [0.15, 0.2) is 0 Å². The Morgan fingerprint density at radius 3 is 2.72 bits per heavy atom. The van der Waals surface area contributed by atoms with Crippen LogP contribution in [0.5, 0.6) is 5.19 Å². The van der Waals surface area contributed by atoms with E-state index in [9.17, 15) is 0 Å². The Hall–Kier alpha value is -1.45. The molecule has 0 unspecified atom stereocenters. The first-order valence-electron chi connectivity index (χ1n) is 11.5. The molecule has 1 saturated heterocycles. The van der Waals surface area contributed by atoms with Gasteiger partial charge < -0.3 is 24.8 Å². The van der Waals surface area contributed by atoms with Crippen LogP contribution in [0.3, 0.4) is 0 Å². The third-order valence-electron chi connectivity index (χ3n) is 6.22. The Morgan fingerprint density at radius 1 is 1.16 bits per heavy atom. The SMILES string of the molecule is COCCN[C@H]1CC[C@H](Nc2cc(-c3csc(OCC4CCOCC4)n3)c(Cl)cn2)CC1. The van der Waals surface area contributed by atoms with Crippen molar-refractivity contribution in [1.82, 2.24) is 15.3 Å². The molecule has 2 fully saturated rings. The Labute approximate surface area is 199 Å². The second kappa shape index (κ2) is 12.1. The van der Waals surface area contributed by atoms with E-state index >= 15 is 0 Å². The lowest BCUT2D eigenvalue weighted by Gasteiger charge is -2.30. The number of anilines is 1. The number of hydrogen-bond donors (Lipinski definition) is 2. The van der Waals surface area contributed by atoms with E-state index in [4.69, 9.17) is 25.8 Å². The molecule has 0 atom stereocenters. The van der Waals surface area contributed by atoms with Gasteiger partial charge in [-0.15, -0.1) is 0 Å². The Morgan fingerprint density at radius 2 is 1.94 bits per heavy atom. The molecule has 176 valence electrons. The molecule has 0 spiro atoms. The summed E-state index contributed by atoms with van der Waals surface area (Å²) in [5.74, 6) is 1.39. The molecule has 2 aliphatic rings. The van der Waals surface area contributed by atoms with Gasteiger partial charge in [0.05, 0.1) is 23.9 Å². The zero-order chi connectivity index (χ0) is 22.2. The standard InChI is InChI=1S/C23H33ClN4O3S/c1-29-11-8-25-17-2-4-18(5-3-17)27-22-12-19(20(24)13-26-22)21-15-32-23(28-21)31-14-16-6-9-30-10-7-16/h12-13,15-18,25H,2-11,14H2,1H3,(H,26,27)/t17-,18-. The highest BCUT2D eigenvalue weighted by atomic mass is 35.5. The third kappa shape index (κ3) is 6.78. The predicted molar refractivity (Wildman–Crippen MR) is 129 cm³/mol. The summed E-state index contributed by atoms with van der Waals surface area (Å²) in [6.45, 7) is 4.01. The molecule has 4 rings (SSSR count). The fourth-order valence-electron chi connectivity index (χ4n) is 4.28. The molecule has 0 radical (unpaired) electrons. The number of ether oxygens (including phenoxy) is 3. The average Bonchev–Trinajstić information content (AvgIpc) is 3.30. The average molecular weight is 481 g/mol. The van der Waals surface area contributed by atoms with E-state index in [1.807, 2.05) is 11.4 Å². The fourth-order valence-corrected chi connectivity index (χ4v) is 5.16. The van der Waals surface area contributed by atoms with Gasteiger partial charge in [-0.25, -0.2) is 9.97 Å². The summed E-state index contributed by atoms with van der Waals surface area (Å²) in [6, 6.07) is 3.00. The fraction of sp³-hybridized carbons (Fsp3) is 0.652. The van der Waals surface area contributed by atoms with E-state index < -0.39 is 0 Å². The van der Waals surface area contributed by atoms with Crippen molar-refractivity contribution in [2.45, 2.75) is 50.6 Å². The number of methoxy groups -OCH3 is 1. The monoisotopic (exact) mass is 480 g/mol. The maximum Gasteiger partial charge on any atom is 0.273 e. The van der Waals surface area contributed by atoms with Crippen LogP contribution < -0.4 is 15.4 Å². The minimum absolute atomic E-state index is 0.422. The first-order chi connectivity index (χ1) is 15.7. The lowest BCUT2D eigenvalue weighted by molar-refractivity contribution is 0.0497. The molecule has 3 heterocycles. The minimum Gasteiger partial charge on any atom is -0.470 e. The van der Waals surface area contributed by atoms with E-state index in [-0.39, 0.29) is 0 Å². The number of halogens is 1. The number of nitrogens with zero attached hydrogens (tertiary/aromatic N) is 2. The first kappa shape index (κ1) is 23.7. The van der Waals surface area contributed by atoms with Crippen molar-refractivity contribution in [3.05, 3.63) is 22.7 Å². The molecule has 1 aliphatic carbocycles. The predicted octanol–water partition coefficient (Wildman–Crippen LogP) is 4.62. The first-order valence-corrected chi connectivity index (χ1v) is 12.8. The van der Waals surface area contributed by atoms with Gasteiger partial charge in [0.1, 0.15) is 5.82 Å². The normalized spacial score (nSPS) is 22.1. The van der Waals surface area contributed by atoms with Crippen LogP contribution in [0, 0.1) is 5.92 Å². The summed E-state index contributed by atoms with van der Waals surface area (Å²) in [5, 5.41) is 10.4. The topological polar surface area (TPSA) is 77.5 Å². The van der Waals surface area contributed by atoms with Crippen molar-refractivity contribution in [2.75, 3.05) is 45.4 Å². The number of rotatable bonds is 10. The zero-order valence-electron chi connectivity index (χ0n) is 18.6. The number of nitrogens with one attached hydrogen (secondary N) is 2. The Kier molecular flexibility index (Phi) is 8.99. The van der Waals surface area contributed by atoms with Crippen molar-refractivity contribution < 1.29 is 14.2 Å². The maximum atomic E-state index is 6.46. The second-order valence-electron chi connectivity index (χ2n) is 8.55. The van der Waals surface area contributed by atoms with Gasteiger partial charge in [0.25, 0.3) is 5.19 Å². The molecule has 9 heteroatoms. The molecular weight excluding hydrogens is 448 g/mol. The largest absolute Gasteiger partial charge is 0.470 e. The Balaban J connectivity index is 1.31. The van der Waals surface area contributed by atoms with Crippen molar-refractivity contribution in [3.8, 4) is 16.5 Å². The van der Waals surface area contributed by atoms with Crippen LogP contribution in [0.4, 0.5) is 5.82 Å². The zero-order valence-corrected chi connectivity index (χ0v) is 20.2. The summed E-state index contributed by atoms with van der Waals surface area (Å²) >= 11 is 7.97. The van der Waals surface area contributed by atoms with Gasteiger partial charge in [-0.1, -0.05) is 22.9 Å². The van der Waals surface area contributed by atoms with Gasteiger partial charge in [-0.05, 0) is 50.5 Å². The van der Waals surface area contributed by atoms with Crippen LogP contribution in [0.2, 0.25) is 5.02 Å². The molecule has 0 amide bonds. The van der Waals surface area contributed by atoms with Gasteiger partial charge in [0, 0.05) is 56.1 Å². The minimum atomic E-state index is 0.422. The molecule has 2 N–H and O–H groups in total. The summed E-state index contributed by atoms with van der Waals surface area (Å²) in [4.78, 5) is 9.17. The summed E-state index contributed by atoms with van der Waals surface area (Å²) in [5.41, 5.74) is 1.72. The summed E-state index contributed by atoms with van der Waals surface area (Å²) in [6.07, 6.45) is 8.35. The van der Waals surface area contributed by atoms with Crippen LogP contribution in [-0.2, 0) is 9.47 Å². The van der Waals surface area contributed by atoms with Gasteiger partial charge >= 0.3 is 0 Å². The van der Waals surface area contributed by atoms with E-state index in [1.165, 1.54) is 11.3 Å². The molecule has 0 bridgehead atoms. The van der Waals surface area contributed by atoms with Crippen molar-refractivity contribution in [2.24, 2.45) is 5.92 Å². The van der Waals surface area contributed by atoms with Crippen molar-refractivity contribution in [1.29, 1.82) is 0 Å². The van der Waals surface area contributed by atoms with Crippen molar-refractivity contribution in [3.63, 3.8) is 0 Å². The number of aromatic nitrogens is 2. The Bertz CT molecular complexity index is 838. The van der Waals surface area contributed by atoms with Crippen LogP contribution in [0.1, 0.15) is 38.5 Å². The van der Waals surface area contributed by atoms with E-state index in [1.54, 1.807) is 13.3 Å². The lowest BCUT2D eigenvalue weighted by atomic mass is 9.91. The van der Waals surface area contributed by atoms with Crippen LogP contribution in [0.15, 0.2) is 17.6 Å². The molecular formula is C23H33ClN4O3S. The highest BCUT2D eigenvalue weighted by Gasteiger charge is 2.21. The quantitative estimate of drug-likeness (QED) is 0.480. The molecule has 7 nitrogen and oxygen atoms in total. The number of thiazole rings is 1. The van der Waals surface area contributed by atoms with E-state index in [2.05, 4.69) is 20.6 Å². The van der Waals surface area contributed by atoms with Crippen LogP contribution >= 0.6 is 22.9 Å². The third-order valence-corrected chi connectivity index (χ3v) is 7.27. The molecule has 0 aromatic carbocycles. The highest BCUT2D eigenvalue weighted by Crippen LogP contribution is 2.33. The van der Waals surface area contributed by atoms with E-state index in [0.29, 0.717) is 34.8 Å². The van der Waals surface area contributed by atoms with Crippen molar-refractivity contribution >= 4 is 28.8 Å². The molecule has 2 aromatic rings. The van der Waals surface area contributed by atoms with Gasteiger partial charge in [-0.2, -0.15) is 0 Å². The molecule has 1 aliphatic heterocycles. The highest BCUT2D eigenvalue weighted by molar-refractivity contribution is 7.11. The van der Waals surface area contributed by atoms with Crippen LogP contribution in [0.25, 0.3) is 11.3 Å². The smallest absolute Gasteiger partial charge is 0.273 e. The molecule has 1 saturated carbocycles. The summed E-state index contributed by atoms with van der Waals surface area (Å²) in [7, 11) is 1.74. The van der Waals surface area contributed by atoms with Crippen LogP contribution in [-0.4, -0.2) is 62.1 Å². The second-order valence-corrected chi connectivity index (χ2v) is 9.78.